The summed E-state index contributed by atoms with van der Waals surface area (Å²) in [7, 11) is 0. The molecule has 0 radical (unpaired) electrons. The highest BCUT2D eigenvalue weighted by Crippen LogP contribution is 2.25. The van der Waals surface area contributed by atoms with Crippen LogP contribution < -0.4 is 11.1 Å². The van der Waals surface area contributed by atoms with Crippen LogP contribution >= 0.6 is 23.6 Å². The Labute approximate surface area is 105 Å². The van der Waals surface area contributed by atoms with E-state index in [0.29, 0.717) is 0 Å². The van der Waals surface area contributed by atoms with Crippen LogP contribution in [0.5, 0.6) is 0 Å². The average Bonchev–Trinajstić information content (AvgIpc) is 2.43. The summed E-state index contributed by atoms with van der Waals surface area (Å²) in [5.41, 5.74) is 6.48. The molecule has 0 aliphatic carbocycles. The summed E-state index contributed by atoms with van der Waals surface area (Å²) in [5, 5.41) is 2.88. The zero-order valence-corrected chi connectivity index (χ0v) is 11.3. The minimum absolute atomic E-state index is 0.00630. The lowest BCUT2D eigenvalue weighted by molar-refractivity contribution is -0.120. The van der Waals surface area contributed by atoms with Crippen molar-refractivity contribution in [3.05, 3.63) is 21.4 Å². The van der Waals surface area contributed by atoms with Gasteiger partial charge in [-0.25, -0.2) is 0 Å². The summed E-state index contributed by atoms with van der Waals surface area (Å²) in [4.78, 5) is 14.2. The molecule has 0 fully saturated rings. The lowest BCUT2D eigenvalue weighted by Crippen LogP contribution is -2.30. The fourth-order valence-corrected chi connectivity index (χ4v) is 2.76. The number of carbonyl (C=O) groups excluding carboxylic acids is 1. The Bertz CT molecular complexity index is 412. The van der Waals surface area contributed by atoms with Gasteiger partial charge in [-0.05, 0) is 32.4 Å². The Morgan fingerprint density at radius 1 is 1.62 bits per heavy atom. The van der Waals surface area contributed by atoms with Gasteiger partial charge in [0, 0.05) is 9.75 Å². The molecule has 0 aliphatic heterocycles. The molecule has 0 aliphatic rings. The summed E-state index contributed by atoms with van der Waals surface area (Å²) in [6, 6.07) is 2.11. The van der Waals surface area contributed by atoms with Crippen molar-refractivity contribution in [3.63, 3.8) is 0 Å². The molecule has 1 atom stereocenters. The van der Waals surface area contributed by atoms with Crippen LogP contribution in [0, 0.1) is 13.8 Å². The van der Waals surface area contributed by atoms with Crippen LogP contribution in [0.25, 0.3) is 0 Å². The fourth-order valence-electron chi connectivity index (χ4n) is 1.61. The van der Waals surface area contributed by atoms with Crippen LogP contribution in [0.1, 0.15) is 34.7 Å². The number of amides is 1. The number of carbonyl (C=O) groups is 1. The summed E-state index contributed by atoms with van der Waals surface area (Å²) in [6.07, 6.45) is 0.113. The van der Waals surface area contributed by atoms with Crippen molar-refractivity contribution in [1.29, 1.82) is 0 Å². The first-order valence-corrected chi connectivity index (χ1v) is 6.27. The molecule has 88 valence electrons. The smallest absolute Gasteiger partial charge is 0.227 e. The predicted octanol–water partition coefficient (Wildman–Crippen LogP) is 2.22. The van der Waals surface area contributed by atoms with E-state index in [1.54, 1.807) is 11.3 Å². The first-order chi connectivity index (χ1) is 7.40. The number of rotatable bonds is 4. The summed E-state index contributed by atoms with van der Waals surface area (Å²) in [5.74, 6) is -0.122. The molecule has 0 saturated heterocycles. The molecule has 5 heteroatoms. The monoisotopic (exact) mass is 256 g/mol. The highest BCUT2D eigenvalue weighted by Gasteiger charge is 2.13. The van der Waals surface area contributed by atoms with E-state index < -0.39 is 0 Å². The zero-order chi connectivity index (χ0) is 12.3. The highest BCUT2D eigenvalue weighted by atomic mass is 32.1. The van der Waals surface area contributed by atoms with Gasteiger partial charge in [0.25, 0.3) is 0 Å². The van der Waals surface area contributed by atoms with Gasteiger partial charge in [0.1, 0.15) is 0 Å². The van der Waals surface area contributed by atoms with E-state index >= 15 is 0 Å². The average molecular weight is 256 g/mol. The standard InChI is InChI=1S/C11H16N2OS2/c1-6-4-9(8(3)16-6)7(2)13-11(14)5-10(12)15/h4,7H,5H2,1-3H3,(H2,12,15)(H,13,14). The minimum Gasteiger partial charge on any atom is -0.393 e. The fraction of sp³-hybridized carbons (Fsp3) is 0.455. The minimum atomic E-state index is -0.122. The van der Waals surface area contributed by atoms with Crippen LogP contribution in [-0.2, 0) is 4.79 Å². The third kappa shape index (κ3) is 3.57. The second-order valence-electron chi connectivity index (χ2n) is 3.80. The van der Waals surface area contributed by atoms with Gasteiger partial charge in [-0.1, -0.05) is 12.2 Å². The van der Waals surface area contributed by atoms with Gasteiger partial charge in [0.05, 0.1) is 17.5 Å². The van der Waals surface area contributed by atoms with E-state index in [2.05, 4.69) is 25.2 Å². The molecule has 1 rings (SSSR count). The van der Waals surface area contributed by atoms with Crippen molar-refractivity contribution in [2.75, 3.05) is 0 Å². The summed E-state index contributed by atoms with van der Waals surface area (Å²) < 4.78 is 0. The molecule has 0 bridgehead atoms. The van der Waals surface area contributed by atoms with E-state index in [4.69, 9.17) is 18.0 Å². The Kier molecular flexibility index (Phi) is 4.44. The van der Waals surface area contributed by atoms with Crippen LogP contribution in [0.4, 0.5) is 0 Å². The molecule has 1 amide bonds. The molecule has 3 N–H and O–H groups in total. The van der Waals surface area contributed by atoms with Gasteiger partial charge in [0.2, 0.25) is 5.91 Å². The van der Waals surface area contributed by atoms with Crippen molar-refractivity contribution < 1.29 is 4.79 Å². The van der Waals surface area contributed by atoms with Crippen molar-refractivity contribution >= 4 is 34.5 Å². The molecular formula is C11H16N2OS2. The third-order valence-corrected chi connectivity index (χ3v) is 3.38. The normalized spacial score (nSPS) is 12.2. The van der Waals surface area contributed by atoms with E-state index in [-0.39, 0.29) is 23.4 Å². The Morgan fingerprint density at radius 3 is 2.69 bits per heavy atom. The lowest BCUT2D eigenvalue weighted by atomic mass is 10.1. The number of aryl methyl sites for hydroxylation is 2. The zero-order valence-electron chi connectivity index (χ0n) is 9.66. The molecular weight excluding hydrogens is 240 g/mol. The molecule has 1 heterocycles. The number of thiophene rings is 1. The van der Waals surface area contributed by atoms with Crippen LogP contribution in [0.3, 0.4) is 0 Å². The molecule has 1 aromatic rings. The molecule has 0 spiro atoms. The Balaban J connectivity index is 2.65. The summed E-state index contributed by atoms with van der Waals surface area (Å²) in [6.45, 7) is 6.08. The molecule has 0 aromatic carbocycles. The topological polar surface area (TPSA) is 55.1 Å². The first kappa shape index (κ1) is 13.1. The lowest BCUT2D eigenvalue weighted by Gasteiger charge is -2.13. The van der Waals surface area contributed by atoms with E-state index in [0.717, 1.165) is 0 Å². The number of hydrogen-bond donors (Lipinski definition) is 2. The quantitative estimate of drug-likeness (QED) is 0.812. The second kappa shape index (κ2) is 5.41. The number of thiocarbonyl (C=S) groups is 1. The summed E-state index contributed by atoms with van der Waals surface area (Å²) >= 11 is 6.43. The molecule has 1 unspecified atom stereocenters. The van der Waals surface area contributed by atoms with Gasteiger partial charge in [-0.15, -0.1) is 11.3 Å². The highest BCUT2D eigenvalue weighted by molar-refractivity contribution is 7.80. The Hall–Kier alpha value is -0.940. The van der Waals surface area contributed by atoms with Crippen molar-refractivity contribution in [3.8, 4) is 0 Å². The number of hydrogen-bond acceptors (Lipinski definition) is 3. The maximum Gasteiger partial charge on any atom is 0.227 e. The maximum atomic E-state index is 11.5. The number of nitrogens with one attached hydrogen (secondary N) is 1. The second-order valence-corrected chi connectivity index (χ2v) is 5.79. The van der Waals surface area contributed by atoms with E-state index in [1.807, 2.05) is 6.92 Å². The van der Waals surface area contributed by atoms with Crippen LogP contribution in [0.2, 0.25) is 0 Å². The third-order valence-electron chi connectivity index (χ3n) is 2.26. The molecule has 1 aromatic heterocycles. The maximum absolute atomic E-state index is 11.5. The number of nitrogens with two attached hydrogens (primary N) is 1. The van der Waals surface area contributed by atoms with Crippen molar-refractivity contribution in [1.82, 2.24) is 5.32 Å². The molecule has 16 heavy (non-hydrogen) atoms. The van der Waals surface area contributed by atoms with Crippen molar-refractivity contribution in [2.45, 2.75) is 33.2 Å². The van der Waals surface area contributed by atoms with Gasteiger partial charge in [0.15, 0.2) is 0 Å². The molecule has 0 saturated carbocycles. The van der Waals surface area contributed by atoms with Crippen LogP contribution in [-0.4, -0.2) is 10.9 Å². The van der Waals surface area contributed by atoms with Crippen LogP contribution in [0.15, 0.2) is 6.07 Å². The predicted molar refractivity (Wildman–Crippen MR) is 71.8 cm³/mol. The van der Waals surface area contributed by atoms with E-state index in [1.165, 1.54) is 15.3 Å². The van der Waals surface area contributed by atoms with Gasteiger partial charge in [-0.3, -0.25) is 4.79 Å². The van der Waals surface area contributed by atoms with Crippen molar-refractivity contribution in [2.24, 2.45) is 5.73 Å². The van der Waals surface area contributed by atoms with E-state index in [9.17, 15) is 4.79 Å². The SMILES string of the molecule is Cc1cc(C(C)NC(=O)CC(N)=S)c(C)s1. The largest absolute Gasteiger partial charge is 0.393 e. The Morgan fingerprint density at radius 2 is 2.25 bits per heavy atom. The first-order valence-electron chi connectivity index (χ1n) is 5.04. The van der Waals surface area contributed by atoms with Gasteiger partial charge in [-0.2, -0.15) is 0 Å². The van der Waals surface area contributed by atoms with Gasteiger partial charge < -0.3 is 11.1 Å². The van der Waals surface area contributed by atoms with Gasteiger partial charge >= 0.3 is 0 Å². The molecule has 3 nitrogen and oxygen atoms in total.